The van der Waals surface area contributed by atoms with E-state index in [1.54, 1.807) is 19.9 Å². The minimum atomic E-state index is -5.07. The summed E-state index contributed by atoms with van der Waals surface area (Å²) in [6.45, 7) is 6.96. The molecule has 0 aliphatic rings. The summed E-state index contributed by atoms with van der Waals surface area (Å²) in [5.74, 6) is -0.886. The van der Waals surface area contributed by atoms with E-state index >= 15 is 0 Å². The summed E-state index contributed by atoms with van der Waals surface area (Å²) in [5, 5.41) is 12.8. The monoisotopic (exact) mass is 529 g/mol. The van der Waals surface area contributed by atoms with E-state index in [-0.39, 0.29) is 12.2 Å². The number of amides is 1. The summed E-state index contributed by atoms with van der Waals surface area (Å²) >= 11 is 0. The van der Waals surface area contributed by atoms with E-state index < -0.39 is 35.7 Å². The summed E-state index contributed by atoms with van der Waals surface area (Å²) in [5.41, 5.74) is -1.27. The van der Waals surface area contributed by atoms with Crippen LogP contribution in [0.25, 0.3) is 0 Å². The Morgan fingerprint density at radius 1 is 0.974 bits per heavy atom. The molecule has 5 nitrogen and oxygen atoms in total. The van der Waals surface area contributed by atoms with Gasteiger partial charge in [0.1, 0.15) is 12.4 Å². The second kappa shape index (κ2) is 11.6. The molecule has 0 aromatic heterocycles. The molecule has 1 amide bonds. The maximum atomic E-state index is 14.5. The van der Waals surface area contributed by atoms with Crippen LogP contribution in [0.15, 0.2) is 72.8 Å². The first-order valence-corrected chi connectivity index (χ1v) is 12.3. The van der Waals surface area contributed by atoms with E-state index in [9.17, 15) is 23.1 Å². The molecule has 0 aliphatic heterocycles. The number of hydrogen-bond acceptors (Lipinski definition) is 4. The van der Waals surface area contributed by atoms with Crippen LogP contribution in [-0.2, 0) is 27.2 Å². The number of benzene rings is 3. The lowest BCUT2D eigenvalue weighted by molar-refractivity contribution is -0.266. The fraction of sp³-hybridized carbons (Fsp3) is 0.367. The number of ether oxygens (including phenoxy) is 2. The third kappa shape index (κ3) is 5.71. The van der Waals surface area contributed by atoms with Crippen LogP contribution in [0.3, 0.4) is 0 Å². The zero-order valence-corrected chi connectivity index (χ0v) is 22.2. The number of carbonyl (C=O) groups is 1. The van der Waals surface area contributed by atoms with Crippen molar-refractivity contribution in [3.63, 3.8) is 0 Å². The van der Waals surface area contributed by atoms with Gasteiger partial charge in [-0.1, -0.05) is 80.6 Å². The summed E-state index contributed by atoms with van der Waals surface area (Å²) in [4.78, 5) is 13.4. The predicted molar refractivity (Wildman–Crippen MR) is 140 cm³/mol. The van der Waals surface area contributed by atoms with E-state index in [0.717, 1.165) is 23.8 Å². The molecule has 0 fully saturated rings. The molecule has 204 valence electrons. The molecule has 0 heterocycles. The van der Waals surface area contributed by atoms with Crippen LogP contribution in [0.4, 0.5) is 13.2 Å². The molecular formula is C30H34F3NO4. The Balaban J connectivity index is 2.01. The van der Waals surface area contributed by atoms with Crippen LogP contribution < -0.4 is 10.1 Å². The highest BCUT2D eigenvalue weighted by molar-refractivity contribution is 5.88. The lowest BCUT2D eigenvalue weighted by atomic mass is 9.74. The Bertz CT molecular complexity index is 1230. The van der Waals surface area contributed by atoms with Crippen LogP contribution in [0, 0.1) is 13.8 Å². The van der Waals surface area contributed by atoms with Crippen molar-refractivity contribution in [1.82, 2.24) is 5.32 Å². The van der Waals surface area contributed by atoms with Crippen LogP contribution in [0.2, 0.25) is 0 Å². The van der Waals surface area contributed by atoms with Crippen LogP contribution in [0.1, 0.15) is 41.7 Å². The molecule has 0 saturated heterocycles. The van der Waals surface area contributed by atoms with Gasteiger partial charge in [0.2, 0.25) is 0 Å². The molecule has 0 aliphatic carbocycles. The summed E-state index contributed by atoms with van der Waals surface area (Å²) in [7, 11) is 0.846. The molecule has 3 rings (SSSR count). The smallest absolute Gasteiger partial charge is 0.430 e. The van der Waals surface area contributed by atoms with Gasteiger partial charge in [-0.05, 0) is 36.6 Å². The van der Waals surface area contributed by atoms with Crippen molar-refractivity contribution < 1.29 is 32.5 Å². The number of aryl methyl sites for hydroxylation is 2. The van der Waals surface area contributed by atoms with Gasteiger partial charge in [-0.2, -0.15) is 13.2 Å². The van der Waals surface area contributed by atoms with Crippen molar-refractivity contribution >= 4 is 5.91 Å². The molecule has 0 spiro atoms. The number of methoxy groups -OCH3 is 1. The molecule has 38 heavy (non-hydrogen) atoms. The van der Waals surface area contributed by atoms with Crippen molar-refractivity contribution in [2.75, 3.05) is 13.7 Å². The number of hydrogen-bond donors (Lipinski definition) is 2. The SMILES string of the molecule is COC(C(=O)N[C@H](CO)C(C)(C)c1c(C)cc(C)cc1OCc1ccccc1)(c1ccccc1)C(F)(F)F. The van der Waals surface area contributed by atoms with Crippen molar-refractivity contribution in [1.29, 1.82) is 0 Å². The minimum absolute atomic E-state index is 0.276. The largest absolute Gasteiger partial charge is 0.489 e. The highest BCUT2D eigenvalue weighted by atomic mass is 19.4. The highest BCUT2D eigenvalue weighted by Crippen LogP contribution is 2.43. The summed E-state index contributed by atoms with van der Waals surface area (Å²) in [6, 6.07) is 19.0. The van der Waals surface area contributed by atoms with Gasteiger partial charge >= 0.3 is 6.18 Å². The molecule has 0 bridgehead atoms. The third-order valence-electron chi connectivity index (χ3n) is 6.89. The van der Waals surface area contributed by atoms with Crippen LogP contribution in [-0.4, -0.2) is 36.9 Å². The van der Waals surface area contributed by atoms with Crippen molar-refractivity contribution in [3.05, 3.63) is 101 Å². The quantitative estimate of drug-likeness (QED) is 0.352. The van der Waals surface area contributed by atoms with Crippen molar-refractivity contribution in [2.45, 2.75) is 57.5 Å². The predicted octanol–water partition coefficient (Wildman–Crippen LogP) is 5.74. The second-order valence-corrected chi connectivity index (χ2v) is 9.91. The molecule has 3 aromatic carbocycles. The number of aliphatic hydroxyl groups excluding tert-OH is 1. The van der Waals surface area contributed by atoms with Gasteiger partial charge in [0.15, 0.2) is 0 Å². The molecular weight excluding hydrogens is 495 g/mol. The number of halogens is 3. The average Bonchev–Trinajstić information content (AvgIpc) is 2.86. The first kappa shape index (κ1) is 29.2. The zero-order chi connectivity index (χ0) is 28.1. The third-order valence-corrected chi connectivity index (χ3v) is 6.89. The van der Waals surface area contributed by atoms with Gasteiger partial charge in [0, 0.05) is 23.7 Å². The maximum Gasteiger partial charge on any atom is 0.430 e. The van der Waals surface area contributed by atoms with E-state index in [1.165, 1.54) is 24.3 Å². The Hall–Kier alpha value is -3.36. The maximum absolute atomic E-state index is 14.5. The Morgan fingerprint density at radius 2 is 1.55 bits per heavy atom. The zero-order valence-electron chi connectivity index (χ0n) is 22.2. The summed E-state index contributed by atoms with van der Waals surface area (Å²) in [6.07, 6.45) is -5.07. The molecule has 1 unspecified atom stereocenters. The molecule has 2 N–H and O–H groups in total. The lowest BCUT2D eigenvalue weighted by Crippen LogP contribution is -2.61. The standard InChI is InChI=1S/C30H34F3NO4/c1-20-16-21(2)26(24(17-20)38-19-22-12-8-6-9-13-22)28(3,4)25(18-35)34-27(36)29(37-5,30(31,32)33)23-14-10-7-11-15-23/h6-17,25,35H,18-19H2,1-5H3,(H,34,36)/t25-,29?/m1/s1. The number of aliphatic hydroxyl groups is 1. The highest BCUT2D eigenvalue weighted by Gasteiger charge is 2.63. The van der Waals surface area contributed by atoms with Crippen LogP contribution in [0.5, 0.6) is 5.75 Å². The average molecular weight is 530 g/mol. The Kier molecular flexibility index (Phi) is 8.90. The van der Waals surface area contributed by atoms with Crippen molar-refractivity contribution in [3.8, 4) is 5.75 Å². The van der Waals surface area contributed by atoms with E-state index in [1.807, 2.05) is 56.3 Å². The fourth-order valence-corrected chi connectivity index (χ4v) is 4.91. The normalized spacial score (nSPS) is 14.4. The Morgan fingerprint density at radius 3 is 2.08 bits per heavy atom. The van der Waals surface area contributed by atoms with E-state index in [2.05, 4.69) is 5.32 Å². The number of carbonyl (C=O) groups excluding carboxylic acids is 1. The van der Waals surface area contributed by atoms with Gasteiger partial charge in [0.25, 0.3) is 11.5 Å². The molecule has 2 atom stereocenters. The van der Waals surface area contributed by atoms with E-state index in [4.69, 9.17) is 9.47 Å². The molecule has 0 saturated carbocycles. The summed E-state index contributed by atoms with van der Waals surface area (Å²) < 4.78 is 54.5. The first-order chi connectivity index (χ1) is 17.9. The van der Waals surface area contributed by atoms with Crippen molar-refractivity contribution in [2.24, 2.45) is 0 Å². The van der Waals surface area contributed by atoms with Gasteiger partial charge in [-0.25, -0.2) is 0 Å². The van der Waals surface area contributed by atoms with Crippen LogP contribution >= 0.6 is 0 Å². The lowest BCUT2D eigenvalue weighted by Gasteiger charge is -2.40. The number of rotatable bonds is 10. The Labute approximate surface area is 221 Å². The van der Waals surface area contributed by atoms with Gasteiger partial charge in [0.05, 0.1) is 12.6 Å². The second-order valence-electron chi connectivity index (χ2n) is 9.91. The minimum Gasteiger partial charge on any atom is -0.489 e. The van der Waals surface area contributed by atoms with E-state index in [0.29, 0.717) is 11.3 Å². The van der Waals surface area contributed by atoms with Gasteiger partial charge in [-0.3, -0.25) is 4.79 Å². The topological polar surface area (TPSA) is 67.8 Å². The van der Waals surface area contributed by atoms with Gasteiger partial charge < -0.3 is 19.9 Å². The molecule has 3 aromatic rings. The number of nitrogens with one attached hydrogen (secondary N) is 1. The first-order valence-electron chi connectivity index (χ1n) is 12.3. The number of alkyl halides is 3. The molecule has 0 radical (unpaired) electrons. The molecule has 8 heteroatoms. The fourth-order valence-electron chi connectivity index (χ4n) is 4.91. The van der Waals surface area contributed by atoms with Gasteiger partial charge in [-0.15, -0.1) is 0 Å².